The molecule has 0 aromatic heterocycles. The predicted octanol–water partition coefficient (Wildman–Crippen LogP) is 4.09. The van der Waals surface area contributed by atoms with Crippen LogP contribution in [-0.4, -0.2) is 29.6 Å². The van der Waals surface area contributed by atoms with E-state index in [1.54, 1.807) is 18.2 Å². The average molecular weight is 300 g/mol. The molecule has 0 saturated heterocycles. The third-order valence-electron chi connectivity index (χ3n) is 2.83. The molecule has 0 radical (unpaired) electrons. The van der Waals surface area contributed by atoms with Crippen LogP contribution in [0.25, 0.3) is 0 Å². The number of benzene rings is 1. The predicted molar refractivity (Wildman–Crippen MR) is 82.9 cm³/mol. The molecule has 0 aliphatic heterocycles. The lowest BCUT2D eigenvalue weighted by molar-refractivity contribution is 0.148. The molecule has 0 fully saturated rings. The lowest BCUT2D eigenvalue weighted by Gasteiger charge is -2.21. The van der Waals surface area contributed by atoms with Gasteiger partial charge in [-0.25, -0.2) is 0 Å². The molecule has 1 unspecified atom stereocenters. The lowest BCUT2D eigenvalue weighted by atomic mass is 10.1. The van der Waals surface area contributed by atoms with E-state index >= 15 is 0 Å². The number of aliphatic hydroxyl groups is 1. The molecule has 4 heteroatoms. The van der Waals surface area contributed by atoms with Crippen LogP contribution in [0.1, 0.15) is 18.1 Å². The van der Waals surface area contributed by atoms with Crippen molar-refractivity contribution in [3.63, 3.8) is 0 Å². The topological polar surface area (TPSA) is 23.5 Å². The van der Waals surface area contributed by atoms with Crippen LogP contribution in [0.2, 0.25) is 10.0 Å². The number of hydrogen-bond donors (Lipinski definition) is 1. The van der Waals surface area contributed by atoms with Gasteiger partial charge < -0.3 is 5.11 Å². The number of nitrogens with zero attached hydrogens (tertiary/aromatic N) is 1. The zero-order chi connectivity index (χ0) is 14.3. The highest BCUT2D eigenvalue weighted by molar-refractivity contribution is 6.42. The van der Waals surface area contributed by atoms with Crippen LogP contribution in [-0.2, 0) is 0 Å². The van der Waals surface area contributed by atoms with Gasteiger partial charge in [0.05, 0.1) is 16.1 Å². The largest absolute Gasteiger partial charge is 0.388 e. The summed E-state index contributed by atoms with van der Waals surface area (Å²) in [5.74, 6) is 0. The van der Waals surface area contributed by atoms with Gasteiger partial charge in [-0.3, -0.25) is 4.90 Å². The summed E-state index contributed by atoms with van der Waals surface area (Å²) in [6.07, 6.45) is 3.63. The van der Waals surface area contributed by atoms with E-state index < -0.39 is 6.10 Å². The molecule has 1 N–H and O–H groups in total. The summed E-state index contributed by atoms with van der Waals surface area (Å²) in [5.41, 5.74) is 0.673. The Bertz CT molecular complexity index is 424. The van der Waals surface area contributed by atoms with E-state index in [4.69, 9.17) is 23.2 Å². The number of hydrogen-bond acceptors (Lipinski definition) is 2. The molecule has 0 aliphatic rings. The van der Waals surface area contributed by atoms with Crippen LogP contribution < -0.4 is 0 Å². The van der Waals surface area contributed by atoms with Crippen molar-refractivity contribution < 1.29 is 5.11 Å². The van der Waals surface area contributed by atoms with Gasteiger partial charge in [0.15, 0.2) is 0 Å². The Morgan fingerprint density at radius 2 is 1.84 bits per heavy atom. The minimum atomic E-state index is -0.622. The zero-order valence-corrected chi connectivity index (χ0v) is 12.4. The highest BCUT2D eigenvalue weighted by Crippen LogP contribution is 2.31. The van der Waals surface area contributed by atoms with Gasteiger partial charge in [-0.15, -0.1) is 13.2 Å². The average Bonchev–Trinajstić information content (AvgIpc) is 2.39. The molecular formula is C15H19Cl2NO. The molecule has 19 heavy (non-hydrogen) atoms. The molecule has 0 amide bonds. The second-order valence-electron chi connectivity index (χ2n) is 4.28. The summed E-state index contributed by atoms with van der Waals surface area (Å²) >= 11 is 12.0. The van der Waals surface area contributed by atoms with Gasteiger partial charge in [0.25, 0.3) is 0 Å². The van der Waals surface area contributed by atoms with Gasteiger partial charge >= 0.3 is 0 Å². The van der Waals surface area contributed by atoms with Crippen LogP contribution in [0.15, 0.2) is 43.5 Å². The maximum Gasteiger partial charge on any atom is 0.0817 e. The van der Waals surface area contributed by atoms with Crippen LogP contribution in [0, 0.1) is 0 Å². The Kier molecular flexibility index (Phi) is 7.17. The molecule has 104 valence electrons. The van der Waals surface area contributed by atoms with Crippen molar-refractivity contribution in [1.82, 2.24) is 4.90 Å². The first-order valence-corrected chi connectivity index (χ1v) is 6.91. The Hall–Kier alpha value is -0.800. The quantitative estimate of drug-likeness (QED) is 0.731. The summed E-state index contributed by atoms with van der Waals surface area (Å²) in [4.78, 5) is 2.14. The van der Waals surface area contributed by atoms with Crippen LogP contribution in [0.3, 0.4) is 0 Å². The maximum atomic E-state index is 10.2. The molecule has 0 spiro atoms. The molecule has 0 saturated carbocycles. The highest BCUT2D eigenvalue weighted by atomic mass is 35.5. The van der Waals surface area contributed by atoms with Crippen LogP contribution >= 0.6 is 23.2 Å². The molecular weight excluding hydrogens is 281 g/mol. The van der Waals surface area contributed by atoms with E-state index in [2.05, 4.69) is 18.1 Å². The molecule has 1 aromatic carbocycles. The minimum absolute atomic E-state index is 0.427. The third-order valence-corrected chi connectivity index (χ3v) is 3.67. The normalized spacial score (nSPS) is 12.4. The van der Waals surface area contributed by atoms with E-state index in [-0.39, 0.29) is 0 Å². The standard InChI is InChI=1S/C15H19Cl2NO/c1-3-9-18(10-4-2)11-8-14(19)12-6-5-7-13(16)15(12)17/h3-7,14,19H,1-2,8-11H2. The fourth-order valence-corrected chi connectivity index (χ4v) is 2.29. The van der Waals surface area contributed by atoms with Crippen molar-refractivity contribution in [2.75, 3.05) is 19.6 Å². The Balaban J connectivity index is 2.63. The number of rotatable bonds is 8. The SMILES string of the molecule is C=CCN(CC=C)CCC(O)c1cccc(Cl)c1Cl. The maximum absolute atomic E-state index is 10.2. The summed E-state index contributed by atoms with van der Waals surface area (Å²) in [6, 6.07) is 5.30. The minimum Gasteiger partial charge on any atom is -0.388 e. The van der Waals surface area contributed by atoms with E-state index in [0.717, 1.165) is 19.6 Å². The molecule has 2 nitrogen and oxygen atoms in total. The Morgan fingerprint density at radius 1 is 1.21 bits per heavy atom. The van der Waals surface area contributed by atoms with Crippen LogP contribution in [0.4, 0.5) is 0 Å². The van der Waals surface area contributed by atoms with Crippen molar-refractivity contribution in [2.24, 2.45) is 0 Å². The van der Waals surface area contributed by atoms with Gasteiger partial charge in [0.1, 0.15) is 0 Å². The van der Waals surface area contributed by atoms with Crippen molar-refractivity contribution in [1.29, 1.82) is 0 Å². The van der Waals surface area contributed by atoms with Gasteiger partial charge in [0.2, 0.25) is 0 Å². The van der Waals surface area contributed by atoms with Gasteiger partial charge in [0, 0.05) is 25.2 Å². The first-order chi connectivity index (χ1) is 9.10. The molecule has 0 aliphatic carbocycles. The fraction of sp³-hybridized carbons (Fsp3) is 0.333. The first kappa shape index (κ1) is 16.3. The molecule has 1 aromatic rings. The van der Waals surface area contributed by atoms with E-state index in [1.807, 2.05) is 12.2 Å². The van der Waals surface area contributed by atoms with Crippen molar-refractivity contribution in [3.05, 3.63) is 59.1 Å². The first-order valence-electron chi connectivity index (χ1n) is 6.16. The summed E-state index contributed by atoms with van der Waals surface area (Å²) in [6.45, 7) is 9.70. The number of halogens is 2. The summed E-state index contributed by atoms with van der Waals surface area (Å²) < 4.78 is 0. The molecule has 0 heterocycles. The molecule has 1 atom stereocenters. The molecule has 0 bridgehead atoms. The van der Waals surface area contributed by atoms with E-state index in [1.165, 1.54) is 0 Å². The van der Waals surface area contributed by atoms with Gasteiger partial charge in [-0.2, -0.15) is 0 Å². The monoisotopic (exact) mass is 299 g/mol. The van der Waals surface area contributed by atoms with E-state index in [0.29, 0.717) is 22.0 Å². The van der Waals surface area contributed by atoms with Gasteiger partial charge in [-0.05, 0) is 12.5 Å². The highest BCUT2D eigenvalue weighted by Gasteiger charge is 2.14. The second kappa shape index (κ2) is 8.39. The third kappa shape index (κ3) is 5.00. The summed E-state index contributed by atoms with van der Waals surface area (Å²) in [7, 11) is 0. The van der Waals surface area contributed by atoms with Crippen molar-refractivity contribution in [3.8, 4) is 0 Å². The summed E-state index contributed by atoms with van der Waals surface area (Å²) in [5, 5.41) is 11.1. The van der Waals surface area contributed by atoms with Crippen molar-refractivity contribution in [2.45, 2.75) is 12.5 Å². The number of aliphatic hydroxyl groups excluding tert-OH is 1. The lowest BCUT2D eigenvalue weighted by Crippen LogP contribution is -2.26. The molecule has 1 rings (SSSR count). The van der Waals surface area contributed by atoms with Crippen LogP contribution in [0.5, 0.6) is 0 Å². The smallest absolute Gasteiger partial charge is 0.0817 e. The second-order valence-corrected chi connectivity index (χ2v) is 5.07. The van der Waals surface area contributed by atoms with E-state index in [9.17, 15) is 5.11 Å². The van der Waals surface area contributed by atoms with Crippen molar-refractivity contribution >= 4 is 23.2 Å². The van der Waals surface area contributed by atoms with Gasteiger partial charge in [-0.1, -0.05) is 47.5 Å². The zero-order valence-electron chi connectivity index (χ0n) is 10.9. The Labute approximate surface area is 124 Å². The Morgan fingerprint density at radius 3 is 2.42 bits per heavy atom. The fourth-order valence-electron chi connectivity index (χ4n) is 1.86.